The third kappa shape index (κ3) is 3.53. The van der Waals surface area contributed by atoms with Crippen molar-refractivity contribution in [1.82, 2.24) is 9.88 Å². The zero-order valence-corrected chi connectivity index (χ0v) is 16.7. The van der Waals surface area contributed by atoms with Crippen molar-refractivity contribution in [3.63, 3.8) is 0 Å². The van der Waals surface area contributed by atoms with Crippen LogP contribution < -0.4 is 4.31 Å². The van der Waals surface area contributed by atoms with Crippen LogP contribution in [0.3, 0.4) is 0 Å². The van der Waals surface area contributed by atoms with Gasteiger partial charge in [0, 0.05) is 30.5 Å². The number of hydrogen-bond acceptors (Lipinski definition) is 6. The first-order chi connectivity index (χ1) is 13.0. The molecule has 1 aromatic heterocycles. The molecule has 0 atom stereocenters. The molecular weight excluding hydrogens is 386 g/mol. The Bertz CT molecular complexity index is 971. The van der Waals surface area contributed by atoms with Crippen molar-refractivity contribution in [1.29, 1.82) is 0 Å². The van der Waals surface area contributed by atoms with Crippen molar-refractivity contribution in [3.8, 4) is 11.3 Å². The molecule has 0 N–H and O–H groups in total. The fourth-order valence-corrected chi connectivity index (χ4v) is 5.35. The van der Waals surface area contributed by atoms with Crippen LogP contribution >= 0.6 is 11.3 Å². The minimum atomic E-state index is -3.23. The summed E-state index contributed by atoms with van der Waals surface area (Å²) in [5.41, 5.74) is 3.70. The normalized spacial score (nSPS) is 16.7. The van der Waals surface area contributed by atoms with E-state index in [1.54, 1.807) is 23.2 Å². The molecule has 1 fully saturated rings. The molecule has 3 heterocycles. The second-order valence-corrected chi connectivity index (χ2v) is 9.67. The minimum Gasteiger partial charge on any atom is -0.448 e. The average Bonchev–Trinajstić information content (AvgIpc) is 3.39. The number of cyclic esters (lactones) is 1. The summed E-state index contributed by atoms with van der Waals surface area (Å²) in [5.74, 6) is 0.105. The minimum absolute atomic E-state index is 0.105. The number of carbonyl (C=O) groups excluding carboxylic acids is 1. The number of sulfonamides is 1. The summed E-state index contributed by atoms with van der Waals surface area (Å²) in [4.78, 5) is 17.9. The van der Waals surface area contributed by atoms with E-state index in [0.717, 1.165) is 33.9 Å². The lowest BCUT2D eigenvalue weighted by molar-refractivity contribution is 0.159. The lowest BCUT2D eigenvalue weighted by Gasteiger charge is -2.18. The highest BCUT2D eigenvalue weighted by molar-refractivity contribution is 7.92. The highest BCUT2D eigenvalue weighted by atomic mass is 32.2. The fourth-order valence-electron chi connectivity index (χ4n) is 3.39. The number of thiazole rings is 1. The Morgan fingerprint density at radius 2 is 2.15 bits per heavy atom. The van der Waals surface area contributed by atoms with Crippen molar-refractivity contribution < 1.29 is 17.9 Å². The maximum atomic E-state index is 12.2. The monoisotopic (exact) mass is 407 g/mol. The van der Waals surface area contributed by atoms with Crippen LogP contribution in [0.4, 0.5) is 10.5 Å². The highest BCUT2D eigenvalue weighted by Crippen LogP contribution is 2.34. The number of rotatable bonds is 6. The van der Waals surface area contributed by atoms with E-state index < -0.39 is 10.0 Å². The van der Waals surface area contributed by atoms with E-state index in [2.05, 4.69) is 4.98 Å². The first kappa shape index (κ1) is 18.2. The van der Waals surface area contributed by atoms with Crippen LogP contribution in [-0.4, -0.2) is 56.4 Å². The fraction of sp³-hybridized carbons (Fsp3) is 0.444. The molecule has 2 aromatic rings. The third-order valence-electron chi connectivity index (χ3n) is 4.92. The summed E-state index contributed by atoms with van der Waals surface area (Å²) in [7, 11) is -3.23. The summed E-state index contributed by atoms with van der Waals surface area (Å²) in [6.07, 6.45) is 1.17. The van der Waals surface area contributed by atoms with Crippen LogP contribution in [0.1, 0.15) is 17.5 Å². The molecule has 0 radical (unpaired) electrons. The molecule has 0 saturated carbocycles. The van der Waals surface area contributed by atoms with Gasteiger partial charge in [-0.3, -0.25) is 4.31 Å². The Morgan fingerprint density at radius 3 is 2.89 bits per heavy atom. The molecule has 2 aliphatic rings. The zero-order chi connectivity index (χ0) is 19.0. The van der Waals surface area contributed by atoms with Gasteiger partial charge in [0.05, 0.1) is 28.7 Å². The van der Waals surface area contributed by atoms with Gasteiger partial charge in [0.1, 0.15) is 6.61 Å². The Hall–Kier alpha value is -2.13. The van der Waals surface area contributed by atoms with E-state index in [-0.39, 0.29) is 11.8 Å². The number of nitrogens with zero attached hydrogens (tertiary/aromatic N) is 3. The number of fused-ring (bicyclic) bond motifs is 1. The first-order valence-electron chi connectivity index (χ1n) is 8.98. The van der Waals surface area contributed by atoms with Gasteiger partial charge in [-0.1, -0.05) is 6.07 Å². The number of amides is 1. The molecule has 0 bridgehead atoms. The quantitative estimate of drug-likeness (QED) is 0.735. The van der Waals surface area contributed by atoms with Crippen LogP contribution in [-0.2, 0) is 27.6 Å². The summed E-state index contributed by atoms with van der Waals surface area (Å²) < 4.78 is 30.9. The molecule has 2 aliphatic heterocycles. The van der Waals surface area contributed by atoms with Gasteiger partial charge >= 0.3 is 6.09 Å². The van der Waals surface area contributed by atoms with Gasteiger partial charge in [-0.05, 0) is 31.0 Å². The SMILES string of the molecule is CCS(=O)(=O)N1CCc2cc(-c3csc(CCN4CCOC4=O)n3)ccc21. The van der Waals surface area contributed by atoms with Gasteiger partial charge in [0.15, 0.2) is 0 Å². The molecule has 1 saturated heterocycles. The number of carbonyl (C=O) groups is 1. The second-order valence-electron chi connectivity index (χ2n) is 6.54. The van der Waals surface area contributed by atoms with E-state index in [9.17, 15) is 13.2 Å². The smallest absolute Gasteiger partial charge is 0.409 e. The predicted octanol–water partition coefficient (Wildman–Crippen LogP) is 2.52. The van der Waals surface area contributed by atoms with E-state index in [1.807, 2.05) is 23.6 Å². The summed E-state index contributed by atoms with van der Waals surface area (Å²) in [6.45, 7) is 3.88. The maximum absolute atomic E-state index is 12.2. The van der Waals surface area contributed by atoms with Gasteiger partial charge in [-0.15, -0.1) is 11.3 Å². The average molecular weight is 408 g/mol. The second kappa shape index (κ2) is 7.12. The zero-order valence-electron chi connectivity index (χ0n) is 15.1. The Kier molecular flexibility index (Phi) is 4.81. The Labute approximate surface area is 162 Å². The molecule has 4 rings (SSSR count). The van der Waals surface area contributed by atoms with Crippen LogP contribution in [0.25, 0.3) is 11.3 Å². The molecule has 0 unspecified atom stereocenters. The molecule has 9 heteroatoms. The molecule has 7 nitrogen and oxygen atoms in total. The molecule has 1 aromatic carbocycles. The van der Waals surface area contributed by atoms with Gasteiger partial charge in [0.25, 0.3) is 0 Å². The van der Waals surface area contributed by atoms with E-state index in [1.165, 1.54) is 4.31 Å². The molecule has 1 amide bonds. The van der Waals surface area contributed by atoms with Crippen molar-refractivity contribution in [2.45, 2.75) is 19.8 Å². The van der Waals surface area contributed by atoms with E-state index in [4.69, 9.17) is 4.74 Å². The maximum Gasteiger partial charge on any atom is 0.409 e. The summed E-state index contributed by atoms with van der Waals surface area (Å²) in [5, 5.41) is 2.98. The number of anilines is 1. The standard InChI is InChI=1S/C18H21N3O4S2/c1-2-27(23,24)21-8-5-14-11-13(3-4-16(14)21)15-12-26-17(19-15)6-7-20-9-10-25-18(20)22/h3-4,11-12H,2,5-10H2,1H3. The lowest BCUT2D eigenvalue weighted by atomic mass is 10.1. The van der Waals surface area contributed by atoms with Gasteiger partial charge in [-0.2, -0.15) is 0 Å². The Balaban J connectivity index is 1.49. The van der Waals surface area contributed by atoms with Crippen molar-refractivity contribution >= 4 is 33.1 Å². The molecule has 144 valence electrons. The van der Waals surface area contributed by atoms with E-state index >= 15 is 0 Å². The van der Waals surface area contributed by atoms with Crippen molar-refractivity contribution in [2.75, 3.05) is 36.3 Å². The molecule has 0 spiro atoms. The predicted molar refractivity (Wildman–Crippen MR) is 105 cm³/mol. The van der Waals surface area contributed by atoms with Gasteiger partial charge < -0.3 is 9.64 Å². The summed E-state index contributed by atoms with van der Waals surface area (Å²) in [6, 6.07) is 5.85. The summed E-state index contributed by atoms with van der Waals surface area (Å²) >= 11 is 1.57. The van der Waals surface area contributed by atoms with Crippen molar-refractivity contribution in [3.05, 3.63) is 34.2 Å². The number of hydrogen-bond donors (Lipinski definition) is 0. The van der Waals surface area contributed by atoms with Gasteiger partial charge in [-0.25, -0.2) is 18.2 Å². The Morgan fingerprint density at radius 1 is 1.30 bits per heavy atom. The largest absolute Gasteiger partial charge is 0.448 e. The number of benzene rings is 1. The highest BCUT2D eigenvalue weighted by Gasteiger charge is 2.28. The molecule has 0 aliphatic carbocycles. The number of ether oxygens (including phenoxy) is 1. The molecular formula is C18H21N3O4S2. The van der Waals surface area contributed by atoms with Crippen LogP contribution in [0.5, 0.6) is 0 Å². The van der Waals surface area contributed by atoms with E-state index in [0.29, 0.717) is 32.7 Å². The van der Waals surface area contributed by atoms with Crippen molar-refractivity contribution in [2.24, 2.45) is 0 Å². The number of aromatic nitrogens is 1. The van der Waals surface area contributed by atoms with Crippen LogP contribution in [0, 0.1) is 0 Å². The van der Waals surface area contributed by atoms with Crippen LogP contribution in [0.2, 0.25) is 0 Å². The lowest BCUT2D eigenvalue weighted by Crippen LogP contribution is -2.30. The molecule has 27 heavy (non-hydrogen) atoms. The van der Waals surface area contributed by atoms with Gasteiger partial charge in [0.2, 0.25) is 10.0 Å². The van der Waals surface area contributed by atoms with Crippen LogP contribution in [0.15, 0.2) is 23.6 Å². The topological polar surface area (TPSA) is 79.8 Å². The first-order valence-corrected chi connectivity index (χ1v) is 11.5. The third-order valence-corrected chi connectivity index (χ3v) is 7.61.